The van der Waals surface area contributed by atoms with Crippen molar-refractivity contribution in [3.63, 3.8) is 0 Å². The number of benzene rings is 2. The number of pyridine rings is 1. The second-order valence-electron chi connectivity index (χ2n) is 5.93. The molecule has 3 N–H and O–H groups in total. The lowest BCUT2D eigenvalue weighted by atomic mass is 10.1. The smallest absolute Gasteiger partial charge is 0.490 e. The van der Waals surface area contributed by atoms with Gasteiger partial charge in [-0.15, -0.1) is 0 Å². The summed E-state index contributed by atoms with van der Waals surface area (Å²) in [7, 11) is 1.53. The first kappa shape index (κ1) is 20.8. The van der Waals surface area contributed by atoms with E-state index in [0.717, 1.165) is 0 Å². The van der Waals surface area contributed by atoms with Gasteiger partial charge < -0.3 is 29.4 Å². The van der Waals surface area contributed by atoms with E-state index in [1.54, 1.807) is 30.3 Å². The van der Waals surface area contributed by atoms with Gasteiger partial charge in [0.25, 0.3) is 0 Å². The Kier molecular flexibility index (Phi) is 5.45. The normalized spacial score (nSPS) is 12.3. The van der Waals surface area contributed by atoms with E-state index in [1.807, 2.05) is 6.07 Å². The molecule has 0 aliphatic carbocycles. The van der Waals surface area contributed by atoms with Crippen LogP contribution in [0.2, 0.25) is 0 Å². The molecule has 0 unspecified atom stereocenters. The number of hydrogen-bond acceptors (Lipinski definition) is 6. The van der Waals surface area contributed by atoms with Gasteiger partial charge in [0.05, 0.1) is 23.7 Å². The largest absolute Gasteiger partial charge is 0.503 e. The van der Waals surface area contributed by atoms with Crippen LogP contribution in [0.4, 0.5) is 13.2 Å². The minimum Gasteiger partial charge on any atom is -0.503 e. The molecule has 2 heterocycles. The first-order valence-corrected chi connectivity index (χ1v) is 8.25. The van der Waals surface area contributed by atoms with Crippen molar-refractivity contribution in [3.8, 4) is 34.3 Å². The number of alkyl halides is 3. The van der Waals surface area contributed by atoms with E-state index in [0.29, 0.717) is 39.4 Å². The molecule has 0 atom stereocenters. The predicted octanol–water partition coefficient (Wildman–Crippen LogP) is 3.27. The van der Waals surface area contributed by atoms with Crippen molar-refractivity contribution in [1.82, 2.24) is 4.98 Å². The summed E-state index contributed by atoms with van der Waals surface area (Å²) in [5, 5.41) is 17.8. The topological polar surface area (TPSA) is 118 Å². The third-order valence-electron chi connectivity index (χ3n) is 4.09. The van der Waals surface area contributed by atoms with Crippen LogP contribution in [0.3, 0.4) is 0 Å². The zero-order valence-corrected chi connectivity index (χ0v) is 15.2. The molecular weight excluding hydrogens is 411 g/mol. The Bertz CT molecular complexity index is 1170. The van der Waals surface area contributed by atoms with Gasteiger partial charge in [0.1, 0.15) is 5.75 Å². The van der Waals surface area contributed by atoms with Crippen molar-refractivity contribution in [3.05, 3.63) is 46.6 Å². The summed E-state index contributed by atoms with van der Waals surface area (Å²) in [5.74, 6) is -1.51. The number of fused-ring (bicyclic) bond motifs is 2. The highest BCUT2D eigenvalue weighted by molar-refractivity contribution is 5.88. The Balaban J connectivity index is 0.000000318. The second kappa shape index (κ2) is 7.85. The SMILES string of the molecule is COc1ccccc1-c1[nH]c2cc3c(cc2c(=O)c1O)OCO3.O=C(O)C(F)(F)F. The van der Waals surface area contributed by atoms with E-state index < -0.39 is 17.6 Å². The quantitative estimate of drug-likeness (QED) is 0.577. The van der Waals surface area contributed by atoms with Crippen molar-refractivity contribution in [1.29, 1.82) is 0 Å². The van der Waals surface area contributed by atoms with Gasteiger partial charge in [-0.05, 0) is 18.2 Å². The first-order chi connectivity index (χ1) is 14.1. The van der Waals surface area contributed by atoms with E-state index in [4.69, 9.17) is 24.1 Å². The van der Waals surface area contributed by atoms with Crippen LogP contribution >= 0.6 is 0 Å². The molecule has 30 heavy (non-hydrogen) atoms. The van der Waals surface area contributed by atoms with Crippen LogP contribution in [0.1, 0.15) is 0 Å². The zero-order valence-electron chi connectivity index (χ0n) is 15.2. The molecule has 1 aromatic heterocycles. The van der Waals surface area contributed by atoms with Crippen LogP contribution in [0.15, 0.2) is 41.2 Å². The third kappa shape index (κ3) is 3.95. The van der Waals surface area contributed by atoms with Gasteiger partial charge in [0.2, 0.25) is 12.2 Å². The molecule has 0 fully saturated rings. The number of para-hydroxylation sites is 1. The van der Waals surface area contributed by atoms with Crippen molar-refractivity contribution < 1.29 is 42.4 Å². The second-order valence-corrected chi connectivity index (χ2v) is 5.93. The Morgan fingerprint density at radius 3 is 2.37 bits per heavy atom. The molecule has 0 radical (unpaired) electrons. The number of halogens is 3. The average molecular weight is 425 g/mol. The maximum atomic E-state index is 12.5. The maximum Gasteiger partial charge on any atom is 0.490 e. The molecule has 0 saturated carbocycles. The highest BCUT2D eigenvalue weighted by atomic mass is 19.4. The molecule has 158 valence electrons. The fraction of sp³-hybridized carbons (Fsp3) is 0.158. The Hall–Kier alpha value is -3.89. The minimum atomic E-state index is -5.08. The molecule has 0 spiro atoms. The number of aromatic amines is 1. The number of carboxylic acid groups (broad SMARTS) is 1. The third-order valence-corrected chi connectivity index (χ3v) is 4.09. The summed E-state index contributed by atoms with van der Waals surface area (Å²) in [6, 6.07) is 10.4. The summed E-state index contributed by atoms with van der Waals surface area (Å²) in [6.45, 7) is 0.116. The van der Waals surface area contributed by atoms with E-state index in [2.05, 4.69) is 4.98 Å². The summed E-state index contributed by atoms with van der Waals surface area (Å²) < 4.78 is 47.7. The average Bonchev–Trinajstić information content (AvgIpc) is 3.16. The molecule has 0 saturated heterocycles. The van der Waals surface area contributed by atoms with Gasteiger partial charge in [-0.2, -0.15) is 13.2 Å². The Labute approximate surface area is 166 Å². The van der Waals surface area contributed by atoms with Crippen LogP contribution in [0.5, 0.6) is 23.0 Å². The van der Waals surface area contributed by atoms with Gasteiger partial charge in [-0.1, -0.05) is 12.1 Å². The number of methoxy groups -OCH3 is 1. The van der Waals surface area contributed by atoms with Gasteiger partial charge in [-0.25, -0.2) is 4.79 Å². The number of carboxylic acids is 1. The number of aliphatic carboxylic acids is 1. The first-order valence-electron chi connectivity index (χ1n) is 8.25. The van der Waals surface area contributed by atoms with Crippen LogP contribution in [-0.4, -0.2) is 41.2 Å². The van der Waals surface area contributed by atoms with E-state index >= 15 is 0 Å². The molecular formula is C19H14F3NO7. The summed E-state index contributed by atoms with van der Waals surface area (Å²) >= 11 is 0. The lowest BCUT2D eigenvalue weighted by Gasteiger charge is -2.11. The molecule has 1 aliphatic heterocycles. The van der Waals surface area contributed by atoms with E-state index in [9.17, 15) is 23.1 Å². The van der Waals surface area contributed by atoms with Gasteiger partial charge in [0, 0.05) is 11.6 Å². The monoisotopic (exact) mass is 425 g/mol. The number of aromatic nitrogens is 1. The molecule has 8 nitrogen and oxygen atoms in total. The standard InChI is InChI=1S/C17H13NO5.C2HF3O2/c1-21-12-5-3-2-4-9(12)15-17(20)16(19)10-6-13-14(23-8-22-13)7-11(10)18-15;3-2(4,5)1(6)7/h2-7,20H,8H2,1H3,(H,18,19);(H,6,7). The van der Waals surface area contributed by atoms with Crippen molar-refractivity contribution >= 4 is 16.9 Å². The maximum absolute atomic E-state index is 12.5. The number of H-pyrrole nitrogens is 1. The number of ether oxygens (including phenoxy) is 3. The molecule has 11 heteroatoms. The number of aromatic hydroxyl groups is 1. The number of nitrogens with one attached hydrogen (secondary N) is 1. The van der Waals surface area contributed by atoms with Crippen LogP contribution in [0.25, 0.3) is 22.2 Å². The van der Waals surface area contributed by atoms with Gasteiger partial charge in [-0.3, -0.25) is 4.79 Å². The fourth-order valence-electron chi connectivity index (χ4n) is 2.71. The molecule has 0 bridgehead atoms. The van der Waals surface area contributed by atoms with Crippen molar-refractivity contribution in [2.75, 3.05) is 13.9 Å². The molecule has 1 aliphatic rings. The predicted molar refractivity (Wildman–Crippen MR) is 98.0 cm³/mol. The van der Waals surface area contributed by atoms with Gasteiger partial charge >= 0.3 is 12.1 Å². The molecule has 0 amide bonds. The lowest BCUT2D eigenvalue weighted by molar-refractivity contribution is -0.192. The van der Waals surface area contributed by atoms with E-state index in [-0.39, 0.29) is 12.5 Å². The Morgan fingerprint density at radius 1 is 1.17 bits per heavy atom. The Morgan fingerprint density at radius 2 is 1.77 bits per heavy atom. The zero-order chi connectivity index (χ0) is 22.1. The highest BCUT2D eigenvalue weighted by Gasteiger charge is 2.38. The number of rotatable bonds is 2. The summed E-state index contributed by atoms with van der Waals surface area (Å²) in [5.41, 5.74) is 0.985. The molecule has 2 aromatic carbocycles. The van der Waals surface area contributed by atoms with Crippen molar-refractivity contribution in [2.45, 2.75) is 6.18 Å². The minimum absolute atomic E-state index is 0.116. The van der Waals surface area contributed by atoms with Gasteiger partial charge in [0.15, 0.2) is 17.2 Å². The fourth-order valence-corrected chi connectivity index (χ4v) is 2.71. The van der Waals surface area contributed by atoms with Crippen LogP contribution in [0, 0.1) is 0 Å². The van der Waals surface area contributed by atoms with E-state index in [1.165, 1.54) is 7.11 Å². The molecule has 4 rings (SSSR count). The van der Waals surface area contributed by atoms with Crippen LogP contribution < -0.4 is 19.6 Å². The molecule has 3 aromatic rings. The van der Waals surface area contributed by atoms with Crippen LogP contribution in [-0.2, 0) is 4.79 Å². The lowest BCUT2D eigenvalue weighted by Crippen LogP contribution is -2.21. The number of carbonyl (C=O) groups is 1. The van der Waals surface area contributed by atoms with Crippen molar-refractivity contribution in [2.24, 2.45) is 0 Å². The highest BCUT2D eigenvalue weighted by Crippen LogP contribution is 2.38. The summed E-state index contributed by atoms with van der Waals surface area (Å²) in [4.78, 5) is 24.5. The summed E-state index contributed by atoms with van der Waals surface area (Å²) in [6.07, 6.45) is -5.08. The number of hydrogen-bond donors (Lipinski definition) is 3.